The maximum absolute atomic E-state index is 12.2. The molecule has 1 aromatic heterocycles. The number of piperidine rings is 1. The highest BCUT2D eigenvalue weighted by Gasteiger charge is 2.33. The summed E-state index contributed by atoms with van der Waals surface area (Å²) in [5.74, 6) is 0.0169. The first-order valence-electron chi connectivity index (χ1n) is 5.70. The Labute approximate surface area is 101 Å². The number of nitrogens with one attached hydrogen (secondary N) is 1. The van der Waals surface area contributed by atoms with E-state index >= 15 is 0 Å². The Morgan fingerprint density at radius 1 is 1.53 bits per heavy atom. The van der Waals surface area contributed by atoms with Crippen LogP contribution in [0.4, 0.5) is 0 Å². The third-order valence-electron chi connectivity index (χ3n) is 3.18. The van der Waals surface area contributed by atoms with Gasteiger partial charge in [0.25, 0.3) is 0 Å². The van der Waals surface area contributed by atoms with Crippen molar-refractivity contribution < 1.29 is 8.42 Å². The predicted octanol–water partition coefficient (Wildman–Crippen LogP) is -0.522. The number of aromatic nitrogens is 2. The number of aryl methyl sites for hydroxylation is 1. The van der Waals surface area contributed by atoms with E-state index in [-0.39, 0.29) is 10.9 Å². The second kappa shape index (κ2) is 4.75. The molecule has 1 unspecified atom stereocenters. The lowest BCUT2D eigenvalue weighted by Crippen LogP contribution is -2.43. The van der Waals surface area contributed by atoms with E-state index in [0.29, 0.717) is 0 Å². The molecule has 17 heavy (non-hydrogen) atoms. The van der Waals surface area contributed by atoms with E-state index in [9.17, 15) is 8.42 Å². The fourth-order valence-electron chi connectivity index (χ4n) is 2.10. The van der Waals surface area contributed by atoms with Crippen LogP contribution in [0.2, 0.25) is 0 Å². The lowest BCUT2D eigenvalue weighted by molar-refractivity contribution is 0.357. The fraction of sp³-hybridized carbons (Fsp3) is 0.700. The van der Waals surface area contributed by atoms with Crippen molar-refractivity contribution in [2.75, 3.05) is 13.1 Å². The highest BCUT2D eigenvalue weighted by Crippen LogP contribution is 2.22. The molecule has 1 saturated heterocycles. The first-order valence-corrected chi connectivity index (χ1v) is 7.24. The Bertz CT molecular complexity index is 476. The monoisotopic (exact) mass is 258 g/mol. The minimum Gasteiger partial charge on any atom is -0.339 e. The zero-order valence-electron chi connectivity index (χ0n) is 9.83. The molecule has 2 heterocycles. The Morgan fingerprint density at radius 3 is 2.71 bits per heavy atom. The number of nitrogens with two attached hydrogens (primary N) is 1. The van der Waals surface area contributed by atoms with E-state index in [1.165, 1.54) is 12.5 Å². The van der Waals surface area contributed by atoms with Crippen LogP contribution in [0.15, 0.2) is 17.6 Å². The number of sulfone groups is 1. The van der Waals surface area contributed by atoms with E-state index in [0.717, 1.165) is 25.9 Å². The van der Waals surface area contributed by atoms with Gasteiger partial charge in [-0.15, -0.1) is 0 Å². The molecule has 0 amide bonds. The molecular formula is C10H18N4O2S. The van der Waals surface area contributed by atoms with Crippen molar-refractivity contribution in [1.82, 2.24) is 14.9 Å². The van der Waals surface area contributed by atoms with Gasteiger partial charge in [-0.3, -0.25) is 0 Å². The van der Waals surface area contributed by atoms with Gasteiger partial charge in [-0.05, 0) is 31.8 Å². The minimum absolute atomic E-state index is 0.0169. The molecule has 1 aliphatic heterocycles. The summed E-state index contributed by atoms with van der Waals surface area (Å²) in [5.41, 5.74) is 5.90. The van der Waals surface area contributed by atoms with Crippen LogP contribution in [0.3, 0.4) is 0 Å². The first-order chi connectivity index (χ1) is 8.01. The van der Waals surface area contributed by atoms with Crippen LogP contribution in [0, 0.1) is 5.92 Å². The summed E-state index contributed by atoms with van der Waals surface area (Å²) in [6.07, 6.45) is 4.57. The third-order valence-corrected chi connectivity index (χ3v) is 5.07. The Hall–Kier alpha value is -0.920. The van der Waals surface area contributed by atoms with Crippen LogP contribution < -0.4 is 11.1 Å². The molecule has 1 fully saturated rings. The van der Waals surface area contributed by atoms with Crippen LogP contribution >= 0.6 is 0 Å². The first kappa shape index (κ1) is 12.5. The molecule has 0 aliphatic carbocycles. The molecule has 0 bridgehead atoms. The topological polar surface area (TPSA) is 90.0 Å². The van der Waals surface area contributed by atoms with Gasteiger partial charge in [0.15, 0.2) is 5.03 Å². The Kier molecular flexibility index (Phi) is 3.50. The van der Waals surface area contributed by atoms with Crippen molar-refractivity contribution in [1.29, 1.82) is 0 Å². The van der Waals surface area contributed by atoms with Gasteiger partial charge in [0.1, 0.15) is 5.37 Å². The van der Waals surface area contributed by atoms with Crippen molar-refractivity contribution in [3.8, 4) is 0 Å². The molecule has 96 valence electrons. The molecule has 0 radical (unpaired) electrons. The molecule has 1 atom stereocenters. The van der Waals surface area contributed by atoms with Gasteiger partial charge in [-0.1, -0.05) is 0 Å². The molecule has 0 spiro atoms. The lowest BCUT2D eigenvalue weighted by Gasteiger charge is -2.27. The fourth-order valence-corrected chi connectivity index (χ4v) is 3.67. The molecule has 2 rings (SSSR count). The largest absolute Gasteiger partial charge is 0.339 e. The molecular weight excluding hydrogens is 240 g/mol. The average molecular weight is 258 g/mol. The number of hydrogen-bond donors (Lipinski definition) is 2. The van der Waals surface area contributed by atoms with E-state index in [4.69, 9.17) is 5.73 Å². The summed E-state index contributed by atoms with van der Waals surface area (Å²) >= 11 is 0. The second-order valence-electron chi connectivity index (χ2n) is 4.47. The van der Waals surface area contributed by atoms with Gasteiger partial charge in [0, 0.05) is 13.2 Å². The summed E-state index contributed by atoms with van der Waals surface area (Å²) < 4.78 is 26.1. The Morgan fingerprint density at radius 2 is 2.18 bits per heavy atom. The summed E-state index contributed by atoms with van der Waals surface area (Å²) in [6, 6.07) is 0. The smallest absolute Gasteiger partial charge is 0.213 e. The maximum Gasteiger partial charge on any atom is 0.213 e. The van der Waals surface area contributed by atoms with Crippen molar-refractivity contribution >= 4 is 9.84 Å². The van der Waals surface area contributed by atoms with Gasteiger partial charge in [0.05, 0.1) is 6.33 Å². The maximum atomic E-state index is 12.2. The molecule has 1 aromatic rings. The molecule has 0 aromatic carbocycles. The predicted molar refractivity (Wildman–Crippen MR) is 64.0 cm³/mol. The highest BCUT2D eigenvalue weighted by molar-refractivity contribution is 7.91. The minimum atomic E-state index is -3.50. The van der Waals surface area contributed by atoms with E-state index in [1.54, 1.807) is 11.6 Å². The molecule has 0 saturated carbocycles. The standard InChI is InChI=1S/C10H18N4O2S/c1-14-6-9(13-7-14)17(15,16)10(11)8-2-4-12-5-3-8/h6-8,10,12H,2-5,11H2,1H3. The summed E-state index contributed by atoms with van der Waals surface area (Å²) in [5, 5.41) is 2.42. The number of rotatable bonds is 3. The summed E-state index contributed by atoms with van der Waals surface area (Å²) in [7, 11) is -1.76. The average Bonchev–Trinajstić information content (AvgIpc) is 2.77. The van der Waals surface area contributed by atoms with E-state index < -0.39 is 15.2 Å². The van der Waals surface area contributed by atoms with Gasteiger partial charge >= 0.3 is 0 Å². The molecule has 3 N–H and O–H groups in total. The van der Waals surface area contributed by atoms with Crippen molar-refractivity contribution in [2.24, 2.45) is 18.7 Å². The van der Waals surface area contributed by atoms with Gasteiger partial charge < -0.3 is 15.6 Å². The lowest BCUT2D eigenvalue weighted by atomic mass is 9.98. The molecule has 6 nitrogen and oxygen atoms in total. The molecule has 1 aliphatic rings. The van der Waals surface area contributed by atoms with Gasteiger partial charge in [-0.2, -0.15) is 0 Å². The van der Waals surface area contributed by atoms with E-state index in [2.05, 4.69) is 10.3 Å². The van der Waals surface area contributed by atoms with Crippen molar-refractivity contribution in [2.45, 2.75) is 23.2 Å². The quantitative estimate of drug-likeness (QED) is 0.761. The summed E-state index contributed by atoms with van der Waals surface area (Å²) in [4.78, 5) is 3.88. The second-order valence-corrected chi connectivity index (χ2v) is 6.53. The highest BCUT2D eigenvalue weighted by atomic mass is 32.2. The SMILES string of the molecule is Cn1cnc(S(=O)(=O)C(N)C2CCNCC2)c1. The van der Waals surface area contributed by atoms with Gasteiger partial charge in [-0.25, -0.2) is 13.4 Å². The van der Waals surface area contributed by atoms with Crippen molar-refractivity contribution in [3.05, 3.63) is 12.5 Å². The van der Waals surface area contributed by atoms with Crippen LogP contribution in [-0.2, 0) is 16.9 Å². The van der Waals surface area contributed by atoms with Crippen LogP contribution in [-0.4, -0.2) is 36.4 Å². The molecule has 7 heteroatoms. The zero-order valence-corrected chi connectivity index (χ0v) is 10.7. The zero-order chi connectivity index (χ0) is 12.5. The number of imidazole rings is 1. The van der Waals surface area contributed by atoms with E-state index in [1.807, 2.05) is 0 Å². The van der Waals surface area contributed by atoms with Crippen LogP contribution in [0.25, 0.3) is 0 Å². The van der Waals surface area contributed by atoms with Gasteiger partial charge in [0.2, 0.25) is 9.84 Å². The number of nitrogens with zero attached hydrogens (tertiary/aromatic N) is 2. The normalized spacial score (nSPS) is 20.4. The van der Waals surface area contributed by atoms with Crippen molar-refractivity contribution in [3.63, 3.8) is 0 Å². The van der Waals surface area contributed by atoms with Crippen LogP contribution in [0.5, 0.6) is 0 Å². The third kappa shape index (κ3) is 2.51. The summed E-state index contributed by atoms with van der Waals surface area (Å²) in [6.45, 7) is 1.66. The number of hydrogen-bond acceptors (Lipinski definition) is 5. The van der Waals surface area contributed by atoms with Crippen LogP contribution in [0.1, 0.15) is 12.8 Å². The Balaban J connectivity index is 2.20.